The molecule has 0 unspecified atom stereocenters. The Bertz CT molecular complexity index is 1110. The van der Waals surface area contributed by atoms with Gasteiger partial charge >= 0.3 is 5.97 Å². The smallest absolute Gasteiger partial charge is 0.363 e. The van der Waals surface area contributed by atoms with E-state index in [4.69, 9.17) is 23.7 Å². The van der Waals surface area contributed by atoms with E-state index >= 15 is 0 Å². The van der Waals surface area contributed by atoms with Crippen LogP contribution in [0.5, 0.6) is 23.0 Å². The van der Waals surface area contributed by atoms with E-state index in [9.17, 15) is 14.9 Å². The molecule has 0 atom stereocenters. The monoisotopic (exact) mass is 382 g/mol. The van der Waals surface area contributed by atoms with Crippen molar-refractivity contribution in [3.05, 3.63) is 57.3 Å². The maximum atomic E-state index is 12.2. The fourth-order valence-corrected chi connectivity index (χ4v) is 2.93. The van der Waals surface area contributed by atoms with Crippen molar-refractivity contribution < 1.29 is 33.4 Å². The van der Waals surface area contributed by atoms with Crippen LogP contribution in [0, 0.1) is 10.1 Å². The Morgan fingerprint density at radius 3 is 2.39 bits per heavy atom. The number of benzene rings is 2. The van der Waals surface area contributed by atoms with E-state index in [0.717, 1.165) is 0 Å². The Hall–Kier alpha value is -4.08. The molecule has 0 saturated carbocycles. The topological polar surface area (TPSA) is 119 Å². The van der Waals surface area contributed by atoms with E-state index in [1.54, 1.807) is 18.2 Å². The molecule has 0 N–H and O–H groups in total. The molecule has 2 aromatic carbocycles. The van der Waals surface area contributed by atoms with Crippen LogP contribution in [0.4, 0.5) is 5.69 Å². The van der Waals surface area contributed by atoms with E-state index in [1.165, 1.54) is 18.2 Å². The van der Waals surface area contributed by atoms with Crippen molar-refractivity contribution in [2.75, 3.05) is 13.6 Å². The average Bonchev–Trinajstić information content (AvgIpc) is 3.40. The molecule has 3 heterocycles. The van der Waals surface area contributed by atoms with Gasteiger partial charge in [0.1, 0.15) is 0 Å². The van der Waals surface area contributed by atoms with Crippen LogP contribution in [0.3, 0.4) is 0 Å². The minimum atomic E-state index is -0.723. The largest absolute Gasteiger partial charge is 0.454 e. The molecule has 10 heteroatoms. The number of esters is 1. The first kappa shape index (κ1) is 16.1. The summed E-state index contributed by atoms with van der Waals surface area (Å²) in [5.74, 6) is 1.06. The number of nitrogens with zero attached hydrogens (tertiary/aromatic N) is 2. The minimum absolute atomic E-state index is 0.0268. The molecule has 0 saturated heterocycles. The number of nitro groups is 1. The molecule has 0 aromatic heterocycles. The van der Waals surface area contributed by atoms with Crippen LogP contribution in [-0.2, 0) is 9.53 Å². The molecule has 140 valence electrons. The molecule has 0 bridgehead atoms. The number of ether oxygens (including phenoxy) is 5. The fourth-order valence-electron chi connectivity index (χ4n) is 2.93. The van der Waals surface area contributed by atoms with E-state index < -0.39 is 10.9 Å². The Morgan fingerprint density at radius 1 is 0.964 bits per heavy atom. The number of aliphatic imine (C=N–C) groups is 1. The van der Waals surface area contributed by atoms with Gasteiger partial charge in [-0.05, 0) is 30.3 Å². The Morgan fingerprint density at radius 2 is 1.64 bits per heavy atom. The molecule has 3 aliphatic rings. The quantitative estimate of drug-likeness (QED) is 0.344. The summed E-state index contributed by atoms with van der Waals surface area (Å²) in [4.78, 5) is 27.2. The van der Waals surface area contributed by atoms with Crippen molar-refractivity contribution in [2.45, 2.75) is 0 Å². The number of nitro benzene ring substituents is 1. The van der Waals surface area contributed by atoms with Crippen LogP contribution in [0.25, 0.3) is 6.08 Å². The van der Waals surface area contributed by atoms with Gasteiger partial charge in [-0.15, -0.1) is 0 Å². The predicted octanol–water partition coefficient (Wildman–Crippen LogP) is 2.40. The summed E-state index contributed by atoms with van der Waals surface area (Å²) < 4.78 is 26.2. The Balaban J connectivity index is 1.54. The lowest BCUT2D eigenvalue weighted by Crippen LogP contribution is -2.05. The van der Waals surface area contributed by atoms with Gasteiger partial charge in [-0.1, -0.05) is 0 Å². The van der Waals surface area contributed by atoms with Crippen LogP contribution in [-0.4, -0.2) is 30.4 Å². The molecule has 0 fully saturated rings. The third kappa shape index (κ3) is 2.58. The first-order valence-electron chi connectivity index (χ1n) is 8.09. The van der Waals surface area contributed by atoms with E-state index in [-0.39, 0.29) is 42.2 Å². The van der Waals surface area contributed by atoms with Gasteiger partial charge in [-0.3, -0.25) is 10.1 Å². The predicted molar refractivity (Wildman–Crippen MR) is 92.4 cm³/mol. The van der Waals surface area contributed by atoms with Crippen molar-refractivity contribution in [3.63, 3.8) is 0 Å². The second kappa shape index (κ2) is 5.98. The summed E-state index contributed by atoms with van der Waals surface area (Å²) in [6.07, 6.45) is 1.28. The first-order valence-corrected chi connectivity index (χ1v) is 8.09. The second-order valence-corrected chi connectivity index (χ2v) is 5.93. The molecule has 2 aromatic rings. The highest BCUT2D eigenvalue weighted by Crippen LogP contribution is 2.39. The third-order valence-corrected chi connectivity index (χ3v) is 4.25. The summed E-state index contributed by atoms with van der Waals surface area (Å²) in [5, 5.41) is 11.4. The van der Waals surface area contributed by atoms with Gasteiger partial charge < -0.3 is 23.7 Å². The van der Waals surface area contributed by atoms with E-state index in [1.807, 2.05) is 0 Å². The van der Waals surface area contributed by atoms with E-state index in [2.05, 4.69) is 4.99 Å². The summed E-state index contributed by atoms with van der Waals surface area (Å²) in [7, 11) is 0. The van der Waals surface area contributed by atoms with Gasteiger partial charge in [-0.25, -0.2) is 9.79 Å². The van der Waals surface area contributed by atoms with Gasteiger partial charge in [0, 0.05) is 5.56 Å². The zero-order valence-electron chi connectivity index (χ0n) is 14.0. The Kier molecular flexibility index (Phi) is 3.44. The number of hydrogen-bond acceptors (Lipinski definition) is 9. The summed E-state index contributed by atoms with van der Waals surface area (Å²) >= 11 is 0. The molecule has 10 nitrogen and oxygen atoms in total. The maximum absolute atomic E-state index is 12.2. The average molecular weight is 382 g/mol. The summed E-state index contributed by atoms with van der Waals surface area (Å²) in [6.45, 7) is 0.0882. The lowest BCUT2D eigenvalue weighted by Gasteiger charge is -2.01. The van der Waals surface area contributed by atoms with Crippen LogP contribution in [0.2, 0.25) is 0 Å². The lowest BCUT2D eigenvalue weighted by molar-refractivity contribution is -0.385. The first-order chi connectivity index (χ1) is 13.6. The van der Waals surface area contributed by atoms with Gasteiger partial charge in [0.2, 0.25) is 19.5 Å². The molecule has 0 aliphatic carbocycles. The molecular formula is C18H10N2O8. The Labute approximate surface area is 156 Å². The number of hydrogen-bond donors (Lipinski definition) is 0. The zero-order valence-corrected chi connectivity index (χ0v) is 14.0. The highest BCUT2D eigenvalue weighted by atomic mass is 16.7. The molecule has 0 spiro atoms. The SMILES string of the molecule is O=C1OC(c2ccc3c(c2)OCO3)=NC1=Cc1cc2c(cc1[N+](=O)[O-])OCO2. The highest BCUT2D eigenvalue weighted by Gasteiger charge is 2.28. The number of carbonyl (C=O) groups is 1. The van der Waals surface area contributed by atoms with Crippen LogP contribution >= 0.6 is 0 Å². The standard InChI is InChI=1S/C18H10N2O8/c21-18-11(3-10-5-15-16(27-8-26-15)6-12(10)20(22)23)19-17(28-18)9-1-2-13-14(4-9)25-7-24-13/h1-6H,7-8H2. The van der Waals surface area contributed by atoms with Crippen molar-refractivity contribution >= 4 is 23.6 Å². The van der Waals surface area contributed by atoms with Crippen LogP contribution in [0.1, 0.15) is 11.1 Å². The number of fused-ring (bicyclic) bond motifs is 2. The number of carbonyl (C=O) groups excluding carboxylic acids is 1. The van der Waals surface area contributed by atoms with Crippen LogP contribution in [0.15, 0.2) is 41.0 Å². The highest BCUT2D eigenvalue weighted by molar-refractivity contribution is 6.13. The van der Waals surface area contributed by atoms with E-state index in [0.29, 0.717) is 22.8 Å². The van der Waals surface area contributed by atoms with Crippen LogP contribution < -0.4 is 18.9 Å². The molecule has 3 aliphatic heterocycles. The maximum Gasteiger partial charge on any atom is 0.363 e. The molecular weight excluding hydrogens is 372 g/mol. The van der Waals surface area contributed by atoms with Gasteiger partial charge in [0.25, 0.3) is 5.69 Å². The molecule has 5 rings (SSSR count). The van der Waals surface area contributed by atoms with Gasteiger partial charge in [-0.2, -0.15) is 0 Å². The fraction of sp³-hybridized carbons (Fsp3) is 0.111. The second-order valence-electron chi connectivity index (χ2n) is 5.93. The molecule has 28 heavy (non-hydrogen) atoms. The van der Waals surface area contributed by atoms with Crippen molar-refractivity contribution in [1.29, 1.82) is 0 Å². The summed E-state index contributed by atoms with van der Waals surface area (Å²) in [5.41, 5.74) is 0.351. The number of cyclic esters (lactones) is 1. The molecule has 0 amide bonds. The molecule has 0 radical (unpaired) electrons. The lowest BCUT2D eigenvalue weighted by atomic mass is 10.1. The van der Waals surface area contributed by atoms with Crippen molar-refractivity contribution in [2.24, 2.45) is 4.99 Å². The third-order valence-electron chi connectivity index (χ3n) is 4.25. The zero-order chi connectivity index (χ0) is 19.3. The van der Waals surface area contributed by atoms with Gasteiger partial charge in [0.05, 0.1) is 16.6 Å². The van der Waals surface area contributed by atoms with Gasteiger partial charge in [0.15, 0.2) is 28.7 Å². The van der Waals surface area contributed by atoms with Crippen molar-refractivity contribution in [3.8, 4) is 23.0 Å². The minimum Gasteiger partial charge on any atom is -0.454 e. The van der Waals surface area contributed by atoms with Crippen molar-refractivity contribution in [1.82, 2.24) is 0 Å². The number of rotatable bonds is 3. The summed E-state index contributed by atoms with van der Waals surface area (Å²) in [6, 6.07) is 7.66. The normalized spacial score (nSPS) is 17.6.